The minimum absolute atomic E-state index is 0.0845. The normalized spacial score (nSPS) is 38.5. The summed E-state index contributed by atoms with van der Waals surface area (Å²) in [6.45, 7) is 4.21. The van der Waals surface area contributed by atoms with Gasteiger partial charge in [-0.1, -0.05) is 26.7 Å². The van der Waals surface area contributed by atoms with Gasteiger partial charge < -0.3 is 5.11 Å². The first kappa shape index (κ1) is 8.57. The van der Waals surface area contributed by atoms with Gasteiger partial charge >= 0.3 is 5.97 Å². The average molecular weight is 156 g/mol. The van der Waals surface area contributed by atoms with E-state index in [1.807, 2.05) is 0 Å². The lowest BCUT2D eigenvalue weighted by molar-refractivity contribution is -0.145. The van der Waals surface area contributed by atoms with E-state index in [0.29, 0.717) is 11.8 Å². The fraction of sp³-hybridized carbons (Fsp3) is 0.889. The van der Waals surface area contributed by atoms with Crippen LogP contribution < -0.4 is 0 Å². The first-order valence-corrected chi connectivity index (χ1v) is 4.35. The van der Waals surface area contributed by atoms with Crippen molar-refractivity contribution < 1.29 is 9.90 Å². The molecular weight excluding hydrogens is 140 g/mol. The van der Waals surface area contributed by atoms with E-state index < -0.39 is 5.97 Å². The summed E-state index contributed by atoms with van der Waals surface area (Å²) < 4.78 is 0. The van der Waals surface area contributed by atoms with Crippen molar-refractivity contribution in [3.8, 4) is 0 Å². The second-order valence-electron chi connectivity index (χ2n) is 3.71. The van der Waals surface area contributed by atoms with Crippen molar-refractivity contribution in [2.24, 2.45) is 17.8 Å². The van der Waals surface area contributed by atoms with E-state index in [0.717, 1.165) is 12.8 Å². The van der Waals surface area contributed by atoms with Crippen LogP contribution in [-0.2, 0) is 4.79 Å². The third kappa shape index (κ3) is 1.73. The highest BCUT2D eigenvalue weighted by atomic mass is 16.4. The maximum Gasteiger partial charge on any atom is 0.306 e. The molecule has 1 fully saturated rings. The van der Waals surface area contributed by atoms with Crippen LogP contribution in [0.5, 0.6) is 0 Å². The van der Waals surface area contributed by atoms with Gasteiger partial charge in [-0.25, -0.2) is 0 Å². The highest BCUT2D eigenvalue weighted by Crippen LogP contribution is 2.34. The summed E-state index contributed by atoms with van der Waals surface area (Å²) in [6, 6.07) is 0. The molecule has 0 amide bonds. The van der Waals surface area contributed by atoms with E-state index in [4.69, 9.17) is 5.11 Å². The average Bonchev–Trinajstić information content (AvgIpc) is 1.94. The number of hydrogen-bond donors (Lipinski definition) is 1. The molecule has 3 unspecified atom stereocenters. The summed E-state index contributed by atoms with van der Waals surface area (Å²) in [5.41, 5.74) is 0. The summed E-state index contributed by atoms with van der Waals surface area (Å²) >= 11 is 0. The second-order valence-corrected chi connectivity index (χ2v) is 3.71. The molecule has 11 heavy (non-hydrogen) atoms. The Morgan fingerprint density at radius 2 is 2.00 bits per heavy atom. The second kappa shape index (κ2) is 3.24. The highest BCUT2D eigenvalue weighted by molar-refractivity contribution is 5.70. The van der Waals surface area contributed by atoms with Gasteiger partial charge in [0.05, 0.1) is 5.92 Å². The van der Waals surface area contributed by atoms with Crippen molar-refractivity contribution in [2.45, 2.75) is 33.1 Å². The lowest BCUT2D eigenvalue weighted by Crippen LogP contribution is -2.30. The zero-order valence-electron chi connectivity index (χ0n) is 7.21. The van der Waals surface area contributed by atoms with E-state index in [1.54, 1.807) is 0 Å². The van der Waals surface area contributed by atoms with Gasteiger partial charge in [-0.15, -0.1) is 0 Å². The van der Waals surface area contributed by atoms with Crippen molar-refractivity contribution in [3.05, 3.63) is 0 Å². The molecule has 1 saturated carbocycles. The molecule has 0 bridgehead atoms. The quantitative estimate of drug-likeness (QED) is 0.631. The maximum atomic E-state index is 10.7. The Morgan fingerprint density at radius 3 is 2.45 bits per heavy atom. The van der Waals surface area contributed by atoms with Gasteiger partial charge in [-0.3, -0.25) is 4.79 Å². The van der Waals surface area contributed by atoms with Gasteiger partial charge in [0.25, 0.3) is 0 Å². The van der Waals surface area contributed by atoms with Gasteiger partial charge in [0.1, 0.15) is 0 Å². The molecule has 0 aromatic rings. The largest absolute Gasteiger partial charge is 0.481 e. The SMILES string of the molecule is CC1CCCC(C(=O)O)C1C. The first-order valence-electron chi connectivity index (χ1n) is 4.35. The summed E-state index contributed by atoms with van der Waals surface area (Å²) in [4.78, 5) is 10.7. The van der Waals surface area contributed by atoms with Crippen LogP contribution in [0.15, 0.2) is 0 Å². The van der Waals surface area contributed by atoms with Crippen LogP contribution in [-0.4, -0.2) is 11.1 Å². The molecule has 64 valence electrons. The van der Waals surface area contributed by atoms with E-state index in [1.165, 1.54) is 6.42 Å². The Hall–Kier alpha value is -0.530. The van der Waals surface area contributed by atoms with E-state index in [2.05, 4.69) is 13.8 Å². The minimum atomic E-state index is -0.607. The lowest BCUT2D eigenvalue weighted by Gasteiger charge is -2.31. The van der Waals surface area contributed by atoms with E-state index >= 15 is 0 Å². The first-order chi connectivity index (χ1) is 5.13. The Kier molecular flexibility index (Phi) is 2.53. The molecule has 0 aromatic carbocycles. The van der Waals surface area contributed by atoms with Crippen LogP contribution in [0.1, 0.15) is 33.1 Å². The fourth-order valence-electron chi connectivity index (χ4n) is 1.93. The smallest absolute Gasteiger partial charge is 0.306 e. The topological polar surface area (TPSA) is 37.3 Å². The van der Waals surface area contributed by atoms with Crippen molar-refractivity contribution in [2.75, 3.05) is 0 Å². The zero-order valence-corrected chi connectivity index (χ0v) is 7.21. The van der Waals surface area contributed by atoms with Gasteiger partial charge in [-0.05, 0) is 18.3 Å². The molecule has 0 aliphatic heterocycles. The molecule has 0 radical (unpaired) electrons. The molecule has 1 rings (SSSR count). The molecule has 1 aliphatic rings. The fourth-order valence-corrected chi connectivity index (χ4v) is 1.93. The van der Waals surface area contributed by atoms with E-state index in [9.17, 15) is 4.79 Å². The van der Waals surface area contributed by atoms with Crippen molar-refractivity contribution >= 4 is 5.97 Å². The van der Waals surface area contributed by atoms with Crippen LogP contribution >= 0.6 is 0 Å². The summed E-state index contributed by atoms with van der Waals surface area (Å²) in [6.07, 6.45) is 3.16. The van der Waals surface area contributed by atoms with Crippen LogP contribution in [0.2, 0.25) is 0 Å². The molecular formula is C9H16O2. The van der Waals surface area contributed by atoms with Crippen molar-refractivity contribution in [3.63, 3.8) is 0 Å². The van der Waals surface area contributed by atoms with Crippen molar-refractivity contribution in [1.29, 1.82) is 0 Å². The number of hydrogen-bond acceptors (Lipinski definition) is 1. The zero-order chi connectivity index (χ0) is 8.43. The maximum absolute atomic E-state index is 10.7. The third-order valence-corrected chi connectivity index (χ3v) is 3.02. The van der Waals surface area contributed by atoms with Crippen LogP contribution in [0.3, 0.4) is 0 Å². The van der Waals surface area contributed by atoms with Crippen LogP contribution in [0.25, 0.3) is 0 Å². The van der Waals surface area contributed by atoms with Crippen LogP contribution in [0, 0.1) is 17.8 Å². The molecule has 0 saturated heterocycles. The number of carboxylic acid groups (broad SMARTS) is 1. The predicted molar refractivity (Wildman–Crippen MR) is 43.3 cm³/mol. The third-order valence-electron chi connectivity index (χ3n) is 3.02. The Balaban J connectivity index is 2.58. The Bertz CT molecular complexity index is 154. The Morgan fingerprint density at radius 1 is 1.36 bits per heavy atom. The molecule has 0 heterocycles. The highest BCUT2D eigenvalue weighted by Gasteiger charge is 2.31. The van der Waals surface area contributed by atoms with Gasteiger partial charge in [0.15, 0.2) is 0 Å². The number of carboxylic acids is 1. The molecule has 2 nitrogen and oxygen atoms in total. The predicted octanol–water partition coefficient (Wildman–Crippen LogP) is 2.14. The number of carbonyl (C=O) groups is 1. The summed E-state index contributed by atoms with van der Waals surface area (Å²) in [5, 5.41) is 8.83. The Labute approximate surface area is 67.6 Å². The monoisotopic (exact) mass is 156 g/mol. The minimum Gasteiger partial charge on any atom is -0.481 e. The summed E-state index contributed by atoms with van der Waals surface area (Å²) in [5.74, 6) is 0.258. The molecule has 0 spiro atoms. The van der Waals surface area contributed by atoms with E-state index in [-0.39, 0.29) is 5.92 Å². The molecule has 1 aliphatic carbocycles. The van der Waals surface area contributed by atoms with Crippen molar-refractivity contribution in [1.82, 2.24) is 0 Å². The molecule has 2 heteroatoms. The molecule has 3 atom stereocenters. The molecule has 1 N–H and O–H groups in total. The number of rotatable bonds is 1. The van der Waals surface area contributed by atoms with Crippen LogP contribution in [0.4, 0.5) is 0 Å². The molecule has 0 aromatic heterocycles. The van der Waals surface area contributed by atoms with Gasteiger partial charge in [-0.2, -0.15) is 0 Å². The van der Waals surface area contributed by atoms with Gasteiger partial charge in [0, 0.05) is 0 Å². The van der Waals surface area contributed by atoms with Gasteiger partial charge in [0.2, 0.25) is 0 Å². The number of aliphatic carboxylic acids is 1. The lowest BCUT2D eigenvalue weighted by atomic mass is 9.74. The standard InChI is InChI=1S/C9H16O2/c1-6-4-3-5-8(7(6)2)9(10)11/h6-8H,3-5H2,1-2H3,(H,10,11). The summed E-state index contributed by atoms with van der Waals surface area (Å²) in [7, 11) is 0.